The molecule has 0 saturated heterocycles. The average Bonchev–Trinajstić information content (AvgIpc) is 2.65. The highest BCUT2D eigenvalue weighted by atomic mass is 32.2. The molecule has 3 aromatic carbocycles. The molecule has 7 nitrogen and oxygen atoms in total. The predicted molar refractivity (Wildman–Crippen MR) is 116 cm³/mol. The molecule has 0 aliphatic rings. The number of aromatic hydroxyl groups is 1. The summed E-state index contributed by atoms with van der Waals surface area (Å²) in [5.41, 5.74) is 3.27. The SMILES string of the molecule is Cc1ccc(S(=O)(=O)Oc2cccc(NC(=O)Nc3cccc(O)c3)c2)c(C)c1C. The minimum absolute atomic E-state index is 0.0232. The summed E-state index contributed by atoms with van der Waals surface area (Å²) in [7, 11) is -4.04. The molecular weight excluding hydrogens is 404 g/mol. The van der Waals surface area contributed by atoms with Crippen molar-refractivity contribution in [3.63, 3.8) is 0 Å². The number of anilines is 2. The van der Waals surface area contributed by atoms with Crippen molar-refractivity contribution >= 4 is 27.5 Å². The molecule has 0 saturated carbocycles. The fourth-order valence-corrected chi connectivity index (χ4v) is 4.09. The third kappa shape index (κ3) is 4.90. The Morgan fingerprint density at radius 3 is 2.17 bits per heavy atom. The molecule has 0 aromatic heterocycles. The van der Waals surface area contributed by atoms with Gasteiger partial charge in [0.25, 0.3) is 0 Å². The molecule has 2 amide bonds. The van der Waals surface area contributed by atoms with E-state index in [9.17, 15) is 18.3 Å². The lowest BCUT2D eigenvalue weighted by molar-refractivity contribution is 0.262. The van der Waals surface area contributed by atoms with E-state index in [1.54, 1.807) is 37.3 Å². The topological polar surface area (TPSA) is 105 Å². The van der Waals surface area contributed by atoms with Crippen molar-refractivity contribution in [2.75, 3.05) is 10.6 Å². The number of hydrogen-bond donors (Lipinski definition) is 3. The molecule has 3 rings (SSSR count). The number of benzene rings is 3. The Kier molecular flexibility index (Phi) is 5.98. The number of phenolic OH excluding ortho intramolecular Hbond substituents is 1. The van der Waals surface area contributed by atoms with Crippen molar-refractivity contribution in [1.82, 2.24) is 0 Å². The molecule has 8 heteroatoms. The smallest absolute Gasteiger partial charge is 0.339 e. The number of amides is 2. The Morgan fingerprint density at radius 2 is 1.50 bits per heavy atom. The number of carbonyl (C=O) groups excluding carboxylic acids is 1. The van der Waals surface area contributed by atoms with Gasteiger partial charge in [-0.1, -0.05) is 18.2 Å². The van der Waals surface area contributed by atoms with Gasteiger partial charge in [0.1, 0.15) is 16.4 Å². The monoisotopic (exact) mass is 426 g/mol. The van der Waals surface area contributed by atoms with Crippen molar-refractivity contribution in [3.8, 4) is 11.5 Å². The molecule has 0 bridgehead atoms. The molecule has 30 heavy (non-hydrogen) atoms. The lowest BCUT2D eigenvalue weighted by atomic mass is 10.1. The van der Waals surface area contributed by atoms with Crippen LogP contribution in [-0.2, 0) is 10.1 Å². The minimum Gasteiger partial charge on any atom is -0.508 e. The zero-order chi connectivity index (χ0) is 21.9. The molecule has 0 radical (unpaired) electrons. The molecule has 0 aliphatic carbocycles. The van der Waals surface area contributed by atoms with Gasteiger partial charge in [0, 0.05) is 23.5 Å². The first-order valence-corrected chi connectivity index (χ1v) is 10.5. The lowest BCUT2D eigenvalue weighted by Gasteiger charge is -2.13. The van der Waals surface area contributed by atoms with E-state index in [-0.39, 0.29) is 16.4 Å². The second-order valence-corrected chi connectivity index (χ2v) is 8.34. The summed E-state index contributed by atoms with van der Waals surface area (Å²) in [5, 5.41) is 14.6. The normalized spacial score (nSPS) is 11.0. The van der Waals surface area contributed by atoms with Crippen LogP contribution >= 0.6 is 0 Å². The van der Waals surface area contributed by atoms with Crippen LogP contribution < -0.4 is 14.8 Å². The van der Waals surface area contributed by atoms with Crippen LogP contribution in [0.2, 0.25) is 0 Å². The van der Waals surface area contributed by atoms with Crippen molar-refractivity contribution in [1.29, 1.82) is 0 Å². The molecule has 0 unspecified atom stereocenters. The number of rotatable bonds is 5. The summed E-state index contributed by atoms with van der Waals surface area (Å²) >= 11 is 0. The van der Waals surface area contributed by atoms with E-state index in [0.29, 0.717) is 16.9 Å². The third-order valence-corrected chi connectivity index (χ3v) is 6.07. The van der Waals surface area contributed by atoms with Gasteiger partial charge in [-0.05, 0) is 67.8 Å². The van der Waals surface area contributed by atoms with Crippen molar-refractivity contribution in [2.45, 2.75) is 25.7 Å². The molecule has 0 spiro atoms. The molecular formula is C22H22N2O5S. The van der Waals surface area contributed by atoms with Crippen molar-refractivity contribution in [2.24, 2.45) is 0 Å². The van der Waals surface area contributed by atoms with Gasteiger partial charge in [-0.2, -0.15) is 8.42 Å². The van der Waals surface area contributed by atoms with E-state index in [1.165, 1.54) is 30.3 Å². The summed E-state index contributed by atoms with van der Waals surface area (Å²) in [4.78, 5) is 12.3. The van der Waals surface area contributed by atoms with E-state index < -0.39 is 16.1 Å². The first-order chi connectivity index (χ1) is 14.2. The second-order valence-electron chi connectivity index (χ2n) is 6.83. The summed E-state index contributed by atoms with van der Waals surface area (Å²) < 4.78 is 30.8. The van der Waals surface area contributed by atoms with Gasteiger partial charge < -0.3 is 19.9 Å². The molecule has 0 fully saturated rings. The van der Waals surface area contributed by atoms with Crippen LogP contribution in [0, 0.1) is 20.8 Å². The fraction of sp³-hybridized carbons (Fsp3) is 0.136. The Balaban J connectivity index is 1.75. The summed E-state index contributed by atoms with van der Waals surface area (Å²) in [6.45, 7) is 5.51. The lowest BCUT2D eigenvalue weighted by Crippen LogP contribution is -2.19. The summed E-state index contributed by atoms with van der Waals surface area (Å²) in [6, 6.07) is 14.9. The van der Waals surface area contributed by atoms with Crippen molar-refractivity contribution < 1.29 is 22.5 Å². The van der Waals surface area contributed by atoms with Crippen molar-refractivity contribution in [3.05, 3.63) is 77.4 Å². The van der Waals surface area contributed by atoms with Crippen LogP contribution in [0.3, 0.4) is 0 Å². The van der Waals surface area contributed by atoms with E-state index in [1.807, 2.05) is 13.8 Å². The fourth-order valence-electron chi connectivity index (χ4n) is 2.88. The van der Waals surface area contributed by atoms with Crippen LogP contribution in [0.1, 0.15) is 16.7 Å². The maximum Gasteiger partial charge on any atom is 0.339 e. The largest absolute Gasteiger partial charge is 0.508 e. The van der Waals surface area contributed by atoms with E-state index in [0.717, 1.165) is 11.1 Å². The Hall–Kier alpha value is -3.52. The van der Waals surface area contributed by atoms with E-state index in [2.05, 4.69) is 10.6 Å². The molecule has 156 valence electrons. The van der Waals surface area contributed by atoms with Gasteiger partial charge in [0.2, 0.25) is 0 Å². The first kappa shape index (κ1) is 21.2. The third-order valence-electron chi connectivity index (χ3n) is 4.68. The number of aryl methyl sites for hydroxylation is 1. The summed E-state index contributed by atoms with van der Waals surface area (Å²) in [5.74, 6) is 0.0952. The van der Waals surface area contributed by atoms with Crippen LogP contribution in [0.5, 0.6) is 11.5 Å². The van der Waals surface area contributed by atoms with Gasteiger partial charge in [0.15, 0.2) is 0 Å². The zero-order valence-electron chi connectivity index (χ0n) is 16.8. The molecule has 3 N–H and O–H groups in total. The standard InChI is InChI=1S/C22H22N2O5S/c1-14-10-11-21(16(3)15(14)2)30(27,28)29-20-9-5-7-18(13-20)24-22(26)23-17-6-4-8-19(25)12-17/h4-13,25H,1-3H3,(H2,23,24,26). The minimum atomic E-state index is -4.04. The van der Waals surface area contributed by atoms with Gasteiger partial charge in [0.05, 0.1) is 0 Å². The molecule has 0 atom stereocenters. The number of urea groups is 1. The predicted octanol–water partition coefficient (Wildman–Crippen LogP) is 4.73. The Labute approximate surface area is 175 Å². The van der Waals surface area contributed by atoms with Crippen LogP contribution in [-0.4, -0.2) is 19.6 Å². The van der Waals surface area contributed by atoms with Gasteiger partial charge in [-0.25, -0.2) is 4.79 Å². The van der Waals surface area contributed by atoms with Crippen LogP contribution in [0.4, 0.5) is 16.2 Å². The number of nitrogens with one attached hydrogen (secondary N) is 2. The highest BCUT2D eigenvalue weighted by Crippen LogP contribution is 2.26. The average molecular weight is 426 g/mol. The maximum atomic E-state index is 12.7. The van der Waals surface area contributed by atoms with Crippen LogP contribution in [0.25, 0.3) is 0 Å². The Bertz CT molecular complexity index is 1210. The number of carbonyl (C=O) groups is 1. The van der Waals surface area contributed by atoms with E-state index >= 15 is 0 Å². The number of phenols is 1. The quantitative estimate of drug-likeness (QED) is 0.512. The van der Waals surface area contributed by atoms with Crippen LogP contribution in [0.15, 0.2) is 65.6 Å². The zero-order valence-corrected chi connectivity index (χ0v) is 17.6. The highest BCUT2D eigenvalue weighted by molar-refractivity contribution is 7.87. The second kappa shape index (κ2) is 8.46. The molecule has 3 aromatic rings. The van der Waals surface area contributed by atoms with Gasteiger partial charge in [-0.15, -0.1) is 0 Å². The first-order valence-electron chi connectivity index (χ1n) is 9.14. The number of hydrogen-bond acceptors (Lipinski definition) is 5. The molecule has 0 aliphatic heterocycles. The maximum absolute atomic E-state index is 12.7. The molecule has 0 heterocycles. The van der Waals surface area contributed by atoms with Gasteiger partial charge >= 0.3 is 16.1 Å². The Morgan fingerprint density at radius 1 is 0.867 bits per heavy atom. The highest BCUT2D eigenvalue weighted by Gasteiger charge is 2.21. The van der Waals surface area contributed by atoms with E-state index in [4.69, 9.17) is 4.18 Å². The van der Waals surface area contributed by atoms with Gasteiger partial charge in [-0.3, -0.25) is 0 Å². The summed E-state index contributed by atoms with van der Waals surface area (Å²) in [6.07, 6.45) is 0.